The first-order chi connectivity index (χ1) is 19.7. The summed E-state index contributed by atoms with van der Waals surface area (Å²) in [5.74, 6) is 4.80. The monoisotopic (exact) mass is 528 g/mol. The lowest BCUT2D eigenvalue weighted by atomic mass is 10.3. The molecule has 0 aliphatic carbocycles. The Bertz CT molecular complexity index is 1550. The molecule has 5 aromatic carbocycles. The van der Waals surface area contributed by atoms with E-state index in [0.29, 0.717) is 57.5 Å². The standard InChI is InChI=1S/C32H20N2O6/c33-21-35-27-7-1-3-9-29(27)37-23-13-17-25(18-14-23)39-31-11-5-6-12-32(31)40-26-19-15-24(16-20-26)38-30-10-4-2-8-28(30)36-22-34/h1-20H. The first-order valence-corrected chi connectivity index (χ1v) is 12.0. The SMILES string of the molecule is N#COc1ccccc1Oc1ccc(Oc2ccccc2Oc2ccc(Oc3ccccc3OC#N)cc2)cc1. The lowest BCUT2D eigenvalue weighted by molar-refractivity contribution is 0.413. The Balaban J connectivity index is 1.24. The maximum absolute atomic E-state index is 8.82. The Kier molecular flexibility index (Phi) is 7.92. The summed E-state index contributed by atoms with van der Waals surface area (Å²) < 4.78 is 33.7. The number of hydrogen-bond acceptors (Lipinski definition) is 8. The van der Waals surface area contributed by atoms with Gasteiger partial charge in [-0.15, -0.1) is 10.5 Å². The minimum atomic E-state index is 0.328. The van der Waals surface area contributed by atoms with E-state index in [4.69, 9.17) is 38.9 Å². The summed E-state index contributed by atoms with van der Waals surface area (Å²) in [6.07, 6.45) is 3.31. The summed E-state index contributed by atoms with van der Waals surface area (Å²) >= 11 is 0. The quantitative estimate of drug-likeness (QED) is 0.166. The molecule has 0 N–H and O–H groups in total. The lowest BCUT2D eigenvalue weighted by Crippen LogP contribution is -1.92. The molecular weight excluding hydrogens is 508 g/mol. The van der Waals surface area contributed by atoms with Crippen LogP contribution in [0.25, 0.3) is 0 Å². The van der Waals surface area contributed by atoms with E-state index in [1.165, 1.54) is 0 Å². The van der Waals surface area contributed by atoms with Gasteiger partial charge in [0.1, 0.15) is 23.0 Å². The molecule has 0 saturated heterocycles. The van der Waals surface area contributed by atoms with Crippen LogP contribution in [0.3, 0.4) is 0 Å². The molecule has 0 unspecified atom stereocenters. The van der Waals surface area contributed by atoms with Crippen molar-refractivity contribution in [2.45, 2.75) is 0 Å². The van der Waals surface area contributed by atoms with Gasteiger partial charge < -0.3 is 28.4 Å². The largest absolute Gasteiger partial charge is 0.453 e. The van der Waals surface area contributed by atoms with Crippen molar-refractivity contribution in [2.75, 3.05) is 0 Å². The van der Waals surface area contributed by atoms with E-state index in [0.717, 1.165) is 0 Å². The van der Waals surface area contributed by atoms with Crippen LogP contribution in [0.4, 0.5) is 0 Å². The van der Waals surface area contributed by atoms with Crippen molar-refractivity contribution in [1.82, 2.24) is 0 Å². The summed E-state index contributed by atoms with van der Waals surface area (Å²) in [5.41, 5.74) is 0. The van der Waals surface area contributed by atoms with Gasteiger partial charge in [-0.1, -0.05) is 36.4 Å². The molecule has 0 heterocycles. The number of ether oxygens (including phenoxy) is 6. The molecule has 5 aromatic rings. The molecule has 0 saturated carbocycles. The minimum absolute atomic E-state index is 0.328. The molecule has 0 aromatic heterocycles. The van der Waals surface area contributed by atoms with Gasteiger partial charge in [0.05, 0.1) is 0 Å². The highest BCUT2D eigenvalue weighted by atomic mass is 16.5. The van der Waals surface area contributed by atoms with Crippen molar-refractivity contribution in [3.05, 3.63) is 121 Å². The summed E-state index contributed by atoms with van der Waals surface area (Å²) in [7, 11) is 0. The van der Waals surface area contributed by atoms with Gasteiger partial charge in [0.25, 0.3) is 12.5 Å². The van der Waals surface area contributed by atoms with Gasteiger partial charge in [-0.25, -0.2) is 0 Å². The zero-order chi connectivity index (χ0) is 27.6. The van der Waals surface area contributed by atoms with Crippen molar-refractivity contribution < 1.29 is 28.4 Å². The maximum Gasteiger partial charge on any atom is 0.292 e. The van der Waals surface area contributed by atoms with Gasteiger partial charge in [-0.3, -0.25) is 0 Å². The highest BCUT2D eigenvalue weighted by Crippen LogP contribution is 2.37. The average Bonchev–Trinajstić information content (AvgIpc) is 2.98. The number of nitriles is 2. The normalized spacial score (nSPS) is 9.95. The summed E-state index contributed by atoms with van der Waals surface area (Å²) in [6.45, 7) is 0. The average molecular weight is 529 g/mol. The topological polar surface area (TPSA) is 103 Å². The fourth-order valence-electron chi connectivity index (χ4n) is 3.61. The second-order valence-electron chi connectivity index (χ2n) is 8.08. The second-order valence-corrected chi connectivity index (χ2v) is 8.08. The van der Waals surface area contributed by atoms with Gasteiger partial charge in [-0.05, 0) is 84.9 Å². The first kappa shape index (κ1) is 25.5. The molecule has 194 valence electrons. The van der Waals surface area contributed by atoms with E-state index in [-0.39, 0.29) is 0 Å². The Labute approximate surface area is 230 Å². The Morgan fingerprint density at radius 3 is 0.800 bits per heavy atom. The van der Waals surface area contributed by atoms with Crippen LogP contribution in [-0.2, 0) is 0 Å². The highest BCUT2D eigenvalue weighted by molar-refractivity contribution is 5.48. The van der Waals surface area contributed by atoms with Crippen LogP contribution >= 0.6 is 0 Å². The van der Waals surface area contributed by atoms with Crippen LogP contribution in [0.5, 0.6) is 57.5 Å². The zero-order valence-electron chi connectivity index (χ0n) is 20.9. The molecule has 0 bridgehead atoms. The Hall–Kier alpha value is -6.12. The zero-order valence-corrected chi connectivity index (χ0v) is 20.9. The summed E-state index contributed by atoms with van der Waals surface area (Å²) in [6, 6.07) is 35.2. The number of benzene rings is 5. The van der Waals surface area contributed by atoms with Crippen molar-refractivity contribution in [2.24, 2.45) is 0 Å². The molecule has 0 fully saturated rings. The van der Waals surface area contributed by atoms with Gasteiger partial charge in [0.2, 0.25) is 0 Å². The van der Waals surface area contributed by atoms with E-state index in [2.05, 4.69) is 0 Å². The van der Waals surface area contributed by atoms with Crippen LogP contribution in [0.15, 0.2) is 121 Å². The Morgan fingerprint density at radius 1 is 0.325 bits per heavy atom. The molecule has 0 spiro atoms. The molecule has 0 amide bonds. The number of nitrogens with zero attached hydrogens (tertiary/aromatic N) is 2. The lowest BCUT2D eigenvalue weighted by Gasteiger charge is -2.13. The van der Waals surface area contributed by atoms with Crippen molar-refractivity contribution in [1.29, 1.82) is 10.5 Å². The van der Waals surface area contributed by atoms with Crippen LogP contribution in [-0.4, -0.2) is 0 Å². The van der Waals surface area contributed by atoms with E-state index in [1.807, 2.05) is 12.1 Å². The van der Waals surface area contributed by atoms with Crippen LogP contribution < -0.4 is 28.4 Å². The minimum Gasteiger partial charge on any atom is -0.453 e. The second kappa shape index (κ2) is 12.4. The third-order valence-corrected chi connectivity index (χ3v) is 5.42. The first-order valence-electron chi connectivity index (χ1n) is 12.0. The third kappa shape index (κ3) is 6.41. The number of para-hydroxylation sites is 6. The fourth-order valence-corrected chi connectivity index (χ4v) is 3.61. The van der Waals surface area contributed by atoms with Gasteiger partial charge in [0, 0.05) is 0 Å². The van der Waals surface area contributed by atoms with Crippen molar-refractivity contribution in [3.8, 4) is 70.0 Å². The van der Waals surface area contributed by atoms with E-state index in [1.54, 1.807) is 122 Å². The van der Waals surface area contributed by atoms with E-state index >= 15 is 0 Å². The van der Waals surface area contributed by atoms with Crippen molar-refractivity contribution >= 4 is 0 Å². The molecule has 0 atom stereocenters. The molecular formula is C32H20N2O6. The highest BCUT2D eigenvalue weighted by Gasteiger charge is 2.10. The molecule has 40 heavy (non-hydrogen) atoms. The van der Waals surface area contributed by atoms with Crippen LogP contribution in [0, 0.1) is 23.0 Å². The van der Waals surface area contributed by atoms with Crippen LogP contribution in [0.1, 0.15) is 0 Å². The van der Waals surface area contributed by atoms with Crippen molar-refractivity contribution in [3.63, 3.8) is 0 Å². The van der Waals surface area contributed by atoms with Gasteiger partial charge >= 0.3 is 0 Å². The van der Waals surface area contributed by atoms with Gasteiger partial charge in [0.15, 0.2) is 34.5 Å². The van der Waals surface area contributed by atoms with Gasteiger partial charge in [-0.2, -0.15) is 0 Å². The predicted molar refractivity (Wildman–Crippen MR) is 145 cm³/mol. The maximum atomic E-state index is 8.82. The smallest absolute Gasteiger partial charge is 0.292 e. The molecule has 0 aliphatic heterocycles. The summed E-state index contributed by atoms with van der Waals surface area (Å²) in [5, 5.41) is 17.6. The van der Waals surface area contributed by atoms with Crippen LogP contribution in [0.2, 0.25) is 0 Å². The predicted octanol–water partition coefficient (Wildman–Crippen LogP) is 8.58. The van der Waals surface area contributed by atoms with E-state index < -0.39 is 0 Å². The summed E-state index contributed by atoms with van der Waals surface area (Å²) in [4.78, 5) is 0. The van der Waals surface area contributed by atoms with E-state index in [9.17, 15) is 0 Å². The molecule has 5 rings (SSSR count). The molecule has 0 aliphatic rings. The number of rotatable bonds is 10. The Morgan fingerprint density at radius 2 is 0.550 bits per heavy atom. The molecule has 8 heteroatoms. The fraction of sp³-hybridized carbons (Fsp3) is 0. The number of hydrogen-bond donors (Lipinski definition) is 0. The third-order valence-electron chi connectivity index (χ3n) is 5.42. The molecule has 0 radical (unpaired) electrons. The molecule has 8 nitrogen and oxygen atoms in total.